The third-order valence-electron chi connectivity index (χ3n) is 6.86. The molecular weight excluding hydrogens is 350 g/mol. The van der Waals surface area contributed by atoms with Crippen molar-refractivity contribution in [1.29, 1.82) is 5.26 Å². The first-order valence-electron chi connectivity index (χ1n) is 9.92. The predicted molar refractivity (Wildman–Crippen MR) is 107 cm³/mol. The molecule has 0 heterocycles. The number of fused-ring (bicyclic) bond motifs is 1. The van der Waals surface area contributed by atoms with Gasteiger partial charge in [-0.2, -0.15) is 5.26 Å². The Balaban J connectivity index is 1.82. The molecule has 0 bridgehead atoms. The van der Waals surface area contributed by atoms with Crippen LogP contribution < -0.4 is 4.74 Å². The normalized spacial score (nSPS) is 27.9. The number of methoxy groups -OCH3 is 3. The van der Waals surface area contributed by atoms with Gasteiger partial charge >= 0.3 is 0 Å². The second-order valence-corrected chi connectivity index (χ2v) is 7.85. The molecule has 0 aromatic heterocycles. The molecule has 4 rings (SSSR count). The summed E-state index contributed by atoms with van der Waals surface area (Å²) in [6.07, 6.45) is 3.59. The monoisotopic (exact) mass is 377 g/mol. The number of ether oxygens (including phenoxy) is 3. The van der Waals surface area contributed by atoms with Crippen LogP contribution in [0.3, 0.4) is 0 Å². The molecule has 0 saturated heterocycles. The Morgan fingerprint density at radius 2 is 1.32 bits per heavy atom. The third kappa shape index (κ3) is 2.82. The third-order valence-corrected chi connectivity index (χ3v) is 6.86. The summed E-state index contributed by atoms with van der Waals surface area (Å²) in [6.45, 7) is 0. The molecule has 2 aromatic carbocycles. The van der Waals surface area contributed by atoms with Crippen molar-refractivity contribution in [3.05, 3.63) is 65.2 Å². The van der Waals surface area contributed by atoms with Gasteiger partial charge in [0.25, 0.3) is 0 Å². The minimum absolute atomic E-state index is 0.134. The zero-order chi connectivity index (χ0) is 19.7. The Labute approximate surface area is 167 Å². The average Bonchev–Trinajstić information content (AvgIpc) is 3.32. The second-order valence-electron chi connectivity index (χ2n) is 7.85. The molecule has 2 fully saturated rings. The highest BCUT2D eigenvalue weighted by Gasteiger charge is 2.63. The fourth-order valence-corrected chi connectivity index (χ4v) is 5.76. The van der Waals surface area contributed by atoms with Crippen LogP contribution in [0.4, 0.5) is 0 Å². The lowest BCUT2D eigenvalue weighted by molar-refractivity contribution is -0.226. The van der Waals surface area contributed by atoms with Gasteiger partial charge in [0.2, 0.25) is 0 Å². The van der Waals surface area contributed by atoms with Crippen molar-refractivity contribution in [2.45, 2.75) is 36.9 Å². The fraction of sp³-hybridized carbons (Fsp3) is 0.458. The second kappa shape index (κ2) is 7.58. The van der Waals surface area contributed by atoms with Crippen LogP contribution in [-0.4, -0.2) is 27.1 Å². The van der Waals surface area contributed by atoms with Crippen molar-refractivity contribution in [2.75, 3.05) is 21.3 Å². The first-order valence-corrected chi connectivity index (χ1v) is 9.92. The molecule has 4 heteroatoms. The first-order chi connectivity index (χ1) is 13.7. The zero-order valence-corrected chi connectivity index (χ0v) is 16.7. The quantitative estimate of drug-likeness (QED) is 0.699. The van der Waals surface area contributed by atoms with Gasteiger partial charge in [-0.3, -0.25) is 0 Å². The van der Waals surface area contributed by atoms with Crippen molar-refractivity contribution in [2.24, 2.45) is 11.8 Å². The molecule has 0 spiro atoms. The molecule has 0 N–H and O–H groups in total. The molecule has 4 atom stereocenters. The molecule has 28 heavy (non-hydrogen) atoms. The van der Waals surface area contributed by atoms with Crippen LogP contribution in [0.15, 0.2) is 48.5 Å². The van der Waals surface area contributed by atoms with E-state index in [0.29, 0.717) is 17.4 Å². The highest BCUT2D eigenvalue weighted by molar-refractivity contribution is 5.40. The van der Waals surface area contributed by atoms with E-state index in [4.69, 9.17) is 19.5 Å². The van der Waals surface area contributed by atoms with E-state index in [1.807, 2.05) is 24.3 Å². The maximum atomic E-state index is 9.16. The lowest BCUT2D eigenvalue weighted by Gasteiger charge is -2.40. The maximum Gasteiger partial charge on any atom is 0.181 e. The van der Waals surface area contributed by atoms with Crippen LogP contribution in [0.2, 0.25) is 0 Å². The van der Waals surface area contributed by atoms with Gasteiger partial charge in [-0.1, -0.05) is 30.7 Å². The molecule has 0 radical (unpaired) electrons. The smallest absolute Gasteiger partial charge is 0.181 e. The first kappa shape index (κ1) is 19.0. The SMILES string of the molecule is COc1ccc(C2C3CCCC3C(c3ccc(C#N)cc3)C2(OC)OC)cc1. The Morgan fingerprint density at radius 1 is 0.821 bits per heavy atom. The Hall–Kier alpha value is -2.35. The summed E-state index contributed by atoms with van der Waals surface area (Å²) in [5.74, 6) is 1.43. The number of nitriles is 1. The van der Waals surface area contributed by atoms with E-state index in [1.54, 1.807) is 21.3 Å². The summed E-state index contributed by atoms with van der Waals surface area (Å²) in [5, 5.41) is 9.16. The van der Waals surface area contributed by atoms with E-state index in [0.717, 1.165) is 5.75 Å². The van der Waals surface area contributed by atoms with Gasteiger partial charge in [0.05, 0.1) is 18.7 Å². The van der Waals surface area contributed by atoms with Gasteiger partial charge in [-0.05, 0) is 60.1 Å². The van der Waals surface area contributed by atoms with E-state index in [9.17, 15) is 0 Å². The van der Waals surface area contributed by atoms with E-state index < -0.39 is 5.79 Å². The standard InChI is InChI=1S/C24H27NO3/c1-26-19-13-11-18(12-14-19)23-21-6-4-5-20(21)22(24(23,27-2)28-3)17-9-7-16(15-25)8-10-17/h7-14,20-23H,4-6H2,1-3H3. The average molecular weight is 377 g/mol. The zero-order valence-electron chi connectivity index (χ0n) is 16.7. The summed E-state index contributed by atoms with van der Waals surface area (Å²) < 4.78 is 17.8. The van der Waals surface area contributed by atoms with Gasteiger partial charge in [-0.15, -0.1) is 0 Å². The molecule has 0 aliphatic heterocycles. The van der Waals surface area contributed by atoms with Crippen molar-refractivity contribution in [3.8, 4) is 11.8 Å². The van der Waals surface area contributed by atoms with Crippen LogP contribution in [0.5, 0.6) is 5.75 Å². The highest BCUT2D eigenvalue weighted by atomic mass is 16.7. The van der Waals surface area contributed by atoms with Crippen LogP contribution in [0, 0.1) is 23.2 Å². The largest absolute Gasteiger partial charge is 0.497 e. The van der Waals surface area contributed by atoms with Crippen LogP contribution in [0.25, 0.3) is 0 Å². The fourth-order valence-electron chi connectivity index (χ4n) is 5.76. The molecule has 2 aromatic rings. The maximum absolute atomic E-state index is 9.16. The van der Waals surface area contributed by atoms with Gasteiger partial charge < -0.3 is 14.2 Å². The van der Waals surface area contributed by atoms with Crippen molar-refractivity contribution in [1.82, 2.24) is 0 Å². The molecule has 146 valence electrons. The number of benzene rings is 2. The lowest BCUT2D eigenvalue weighted by Crippen LogP contribution is -2.43. The lowest BCUT2D eigenvalue weighted by atomic mass is 9.82. The number of hydrogen-bond acceptors (Lipinski definition) is 4. The minimum atomic E-state index is -0.724. The van der Waals surface area contributed by atoms with Crippen molar-refractivity contribution in [3.63, 3.8) is 0 Å². The molecule has 2 aliphatic rings. The van der Waals surface area contributed by atoms with Gasteiger partial charge in [-0.25, -0.2) is 0 Å². The van der Waals surface area contributed by atoms with E-state index in [2.05, 4.69) is 30.3 Å². The summed E-state index contributed by atoms with van der Waals surface area (Å²) >= 11 is 0. The van der Waals surface area contributed by atoms with Gasteiger partial charge in [0.1, 0.15) is 5.75 Å². The van der Waals surface area contributed by atoms with Crippen molar-refractivity contribution < 1.29 is 14.2 Å². The molecule has 4 nitrogen and oxygen atoms in total. The molecule has 4 unspecified atom stereocenters. The number of hydrogen-bond donors (Lipinski definition) is 0. The summed E-state index contributed by atoms with van der Waals surface area (Å²) in [7, 11) is 5.21. The summed E-state index contributed by atoms with van der Waals surface area (Å²) in [6, 6.07) is 18.5. The molecule has 0 amide bonds. The Morgan fingerprint density at radius 3 is 1.75 bits per heavy atom. The topological polar surface area (TPSA) is 51.5 Å². The van der Waals surface area contributed by atoms with Gasteiger partial charge in [0, 0.05) is 26.1 Å². The highest BCUT2D eigenvalue weighted by Crippen LogP contribution is 2.64. The van der Waals surface area contributed by atoms with Gasteiger partial charge in [0.15, 0.2) is 5.79 Å². The molecule has 2 saturated carbocycles. The molecule has 2 aliphatic carbocycles. The minimum Gasteiger partial charge on any atom is -0.497 e. The van der Waals surface area contributed by atoms with Crippen molar-refractivity contribution >= 4 is 0 Å². The summed E-state index contributed by atoms with van der Waals surface area (Å²) in [4.78, 5) is 0. The van der Waals surface area contributed by atoms with Crippen LogP contribution >= 0.6 is 0 Å². The van der Waals surface area contributed by atoms with E-state index in [1.165, 1.54) is 30.4 Å². The predicted octanol–water partition coefficient (Wildman–Crippen LogP) is 4.85. The summed E-state index contributed by atoms with van der Waals surface area (Å²) in [5.41, 5.74) is 3.10. The van der Waals surface area contributed by atoms with Crippen LogP contribution in [-0.2, 0) is 9.47 Å². The molecular formula is C24H27NO3. The van der Waals surface area contributed by atoms with E-state index in [-0.39, 0.29) is 11.8 Å². The number of nitrogens with zero attached hydrogens (tertiary/aromatic N) is 1. The Bertz CT molecular complexity index is 849. The van der Waals surface area contributed by atoms with E-state index >= 15 is 0 Å². The Kier molecular flexibility index (Phi) is 5.14. The number of rotatable bonds is 5. The van der Waals surface area contributed by atoms with Crippen LogP contribution in [0.1, 0.15) is 47.8 Å².